The summed E-state index contributed by atoms with van der Waals surface area (Å²) in [7, 11) is 0. The molecule has 34 heavy (non-hydrogen) atoms. The third-order valence-corrected chi connectivity index (χ3v) is 8.83. The summed E-state index contributed by atoms with van der Waals surface area (Å²) >= 11 is 8.23. The minimum absolute atomic E-state index is 0.0304. The van der Waals surface area contributed by atoms with Crippen LogP contribution in [0.1, 0.15) is 73.0 Å². The van der Waals surface area contributed by atoms with Gasteiger partial charge in [0.15, 0.2) is 0 Å². The van der Waals surface area contributed by atoms with Crippen LogP contribution in [0.4, 0.5) is 5.69 Å². The molecular weight excluding hydrogens is 466 g/mol. The molecule has 0 aliphatic heterocycles. The number of hydrogen-bond donors (Lipinski definition) is 1. The van der Waals surface area contributed by atoms with Gasteiger partial charge in [-0.1, -0.05) is 55.5 Å². The van der Waals surface area contributed by atoms with E-state index in [0.29, 0.717) is 18.0 Å². The molecule has 1 atom stereocenters. The molecule has 0 radical (unpaired) electrons. The number of thiophene rings is 1. The molecular formula is C28H32ClNO3S. The summed E-state index contributed by atoms with van der Waals surface area (Å²) < 4.78 is 0. The molecule has 1 aromatic heterocycles. The summed E-state index contributed by atoms with van der Waals surface area (Å²) in [6.07, 6.45) is 10.4. The van der Waals surface area contributed by atoms with E-state index < -0.39 is 10.8 Å². The van der Waals surface area contributed by atoms with Crippen molar-refractivity contribution in [2.24, 2.45) is 11.8 Å². The van der Waals surface area contributed by atoms with Crippen molar-refractivity contribution in [2.45, 2.75) is 63.8 Å². The molecule has 2 aromatic rings. The van der Waals surface area contributed by atoms with Gasteiger partial charge >= 0.3 is 5.97 Å². The molecule has 0 spiro atoms. The third-order valence-electron chi connectivity index (χ3n) is 6.95. The van der Waals surface area contributed by atoms with Gasteiger partial charge in [0.2, 0.25) is 5.91 Å². The van der Waals surface area contributed by atoms with Crippen molar-refractivity contribution < 1.29 is 14.7 Å². The Balaban J connectivity index is 1.65. The topological polar surface area (TPSA) is 57.6 Å². The first-order valence-electron chi connectivity index (χ1n) is 12.0. The fraction of sp³-hybridized carbons (Fsp3) is 0.429. The lowest BCUT2D eigenvalue weighted by Gasteiger charge is -2.33. The van der Waals surface area contributed by atoms with E-state index in [4.69, 9.17) is 11.6 Å². The van der Waals surface area contributed by atoms with E-state index >= 15 is 0 Å². The Kier molecular flexibility index (Phi) is 7.34. The predicted molar refractivity (Wildman–Crippen MR) is 141 cm³/mol. The summed E-state index contributed by atoms with van der Waals surface area (Å²) in [5, 5.41) is 10.0. The van der Waals surface area contributed by atoms with Crippen LogP contribution >= 0.6 is 22.9 Å². The molecule has 0 bridgehead atoms. The molecule has 1 N–H and O–H groups in total. The van der Waals surface area contributed by atoms with Crippen molar-refractivity contribution in [3.05, 3.63) is 69.9 Å². The van der Waals surface area contributed by atoms with Gasteiger partial charge in [-0.3, -0.25) is 4.79 Å². The molecule has 1 amide bonds. The second-order valence-electron chi connectivity index (χ2n) is 9.81. The van der Waals surface area contributed by atoms with Gasteiger partial charge < -0.3 is 10.0 Å². The standard InChI is InChI=1S/C28H32ClNO3S/c1-18(2)30(26(31)22-11-9-19(3)10-12-22)23-17-24(34-25(23)27(32)33)28(29)15-13-21(14-16-28)20-7-5-4-6-8-20/h4-8,13-15,17-19,22H,9-12,16H2,1-3H3,(H,32,33). The van der Waals surface area contributed by atoms with E-state index in [1.807, 2.05) is 50.3 Å². The first-order valence-corrected chi connectivity index (χ1v) is 13.2. The molecule has 1 heterocycles. The van der Waals surface area contributed by atoms with E-state index in [9.17, 15) is 14.7 Å². The van der Waals surface area contributed by atoms with Crippen molar-refractivity contribution in [1.82, 2.24) is 0 Å². The van der Waals surface area contributed by atoms with Crippen LogP contribution < -0.4 is 4.90 Å². The van der Waals surface area contributed by atoms with Crippen molar-refractivity contribution in [1.29, 1.82) is 0 Å². The molecule has 4 rings (SSSR count). The smallest absolute Gasteiger partial charge is 0.348 e. The normalized spacial score (nSPS) is 24.7. The van der Waals surface area contributed by atoms with Crippen molar-refractivity contribution in [3.63, 3.8) is 0 Å². The molecule has 1 fully saturated rings. The monoisotopic (exact) mass is 497 g/mol. The Morgan fingerprint density at radius 1 is 1.15 bits per heavy atom. The molecule has 4 nitrogen and oxygen atoms in total. The zero-order chi connectivity index (χ0) is 24.5. The van der Waals surface area contributed by atoms with E-state index in [1.54, 1.807) is 4.90 Å². The second kappa shape index (κ2) is 10.1. The van der Waals surface area contributed by atoms with Crippen LogP contribution in [-0.4, -0.2) is 23.0 Å². The summed E-state index contributed by atoms with van der Waals surface area (Å²) in [4.78, 5) is 27.6. The van der Waals surface area contributed by atoms with Crippen LogP contribution in [-0.2, 0) is 9.67 Å². The third kappa shape index (κ3) is 5.01. The Morgan fingerprint density at radius 2 is 1.82 bits per heavy atom. The number of benzene rings is 1. The van der Waals surface area contributed by atoms with Gasteiger partial charge in [-0.15, -0.1) is 22.9 Å². The molecule has 6 heteroatoms. The minimum Gasteiger partial charge on any atom is -0.477 e. The number of nitrogens with zero attached hydrogens (tertiary/aromatic N) is 1. The molecule has 2 aliphatic rings. The van der Waals surface area contributed by atoms with Gasteiger partial charge in [0.25, 0.3) is 0 Å². The number of hydrogen-bond acceptors (Lipinski definition) is 3. The van der Waals surface area contributed by atoms with E-state index in [-0.39, 0.29) is 22.7 Å². The predicted octanol–water partition coefficient (Wildman–Crippen LogP) is 7.49. The number of amides is 1. The highest BCUT2D eigenvalue weighted by Gasteiger charge is 2.37. The lowest BCUT2D eigenvalue weighted by molar-refractivity contribution is -0.123. The van der Waals surface area contributed by atoms with Crippen molar-refractivity contribution in [3.8, 4) is 0 Å². The van der Waals surface area contributed by atoms with Crippen molar-refractivity contribution >= 4 is 46.1 Å². The SMILES string of the molecule is CC1CCC(C(=O)N(c2cc(C3(Cl)C=CC(c4ccccc4)=CC3)sc2C(=O)O)C(C)C)CC1. The van der Waals surface area contributed by atoms with Crippen LogP contribution in [0, 0.1) is 11.8 Å². The first kappa shape index (κ1) is 24.7. The minimum atomic E-state index is -1.03. The average molecular weight is 498 g/mol. The van der Waals surface area contributed by atoms with Crippen LogP contribution in [0.15, 0.2) is 54.6 Å². The van der Waals surface area contributed by atoms with Crippen molar-refractivity contribution in [2.75, 3.05) is 4.90 Å². The lowest BCUT2D eigenvalue weighted by Crippen LogP contribution is -2.42. The van der Waals surface area contributed by atoms with Gasteiger partial charge in [-0.2, -0.15) is 0 Å². The number of carbonyl (C=O) groups is 2. The Morgan fingerprint density at radius 3 is 2.38 bits per heavy atom. The van der Waals surface area contributed by atoms with Gasteiger partial charge in [0.05, 0.1) is 5.69 Å². The maximum atomic E-state index is 13.6. The maximum Gasteiger partial charge on any atom is 0.348 e. The number of allylic oxidation sites excluding steroid dienone is 4. The Labute approximate surface area is 210 Å². The first-order chi connectivity index (χ1) is 16.2. The van der Waals surface area contributed by atoms with Gasteiger partial charge in [-0.25, -0.2) is 4.79 Å². The largest absolute Gasteiger partial charge is 0.477 e. The van der Waals surface area contributed by atoms with E-state index in [2.05, 4.69) is 25.1 Å². The van der Waals surface area contributed by atoms with Crippen LogP contribution in [0.5, 0.6) is 0 Å². The number of rotatable bonds is 6. The van der Waals surface area contributed by atoms with Crippen LogP contribution in [0.25, 0.3) is 5.57 Å². The lowest BCUT2D eigenvalue weighted by atomic mass is 9.82. The van der Waals surface area contributed by atoms with Gasteiger partial charge in [0.1, 0.15) is 9.75 Å². The van der Waals surface area contributed by atoms with Crippen LogP contribution in [0.3, 0.4) is 0 Å². The molecule has 1 unspecified atom stereocenters. The summed E-state index contributed by atoms with van der Waals surface area (Å²) in [5.74, 6) is -0.410. The average Bonchev–Trinajstić information content (AvgIpc) is 3.26. The Hall–Kier alpha value is -2.37. The number of aromatic carboxylic acids is 1. The van der Waals surface area contributed by atoms with E-state index in [1.165, 1.54) is 11.3 Å². The summed E-state index contributed by atoms with van der Waals surface area (Å²) in [6, 6.07) is 11.8. The summed E-state index contributed by atoms with van der Waals surface area (Å²) in [6.45, 7) is 6.11. The molecule has 0 saturated heterocycles. The number of anilines is 1. The Bertz CT molecular complexity index is 1110. The maximum absolute atomic E-state index is 13.6. The fourth-order valence-corrected chi connectivity index (χ4v) is 6.29. The zero-order valence-electron chi connectivity index (χ0n) is 20.0. The highest BCUT2D eigenvalue weighted by Crippen LogP contribution is 2.46. The number of carboxylic acids is 1. The van der Waals surface area contributed by atoms with E-state index in [0.717, 1.165) is 41.7 Å². The highest BCUT2D eigenvalue weighted by molar-refractivity contribution is 7.15. The highest BCUT2D eigenvalue weighted by atomic mass is 35.5. The second-order valence-corrected chi connectivity index (χ2v) is 11.5. The molecule has 1 aromatic carbocycles. The molecule has 180 valence electrons. The quantitative estimate of drug-likeness (QED) is 0.420. The summed E-state index contributed by atoms with van der Waals surface area (Å²) in [5.41, 5.74) is 2.68. The van der Waals surface area contributed by atoms with Crippen LogP contribution in [0.2, 0.25) is 0 Å². The molecule has 1 saturated carbocycles. The number of carbonyl (C=O) groups excluding carboxylic acids is 1. The van der Waals surface area contributed by atoms with Gasteiger partial charge in [0, 0.05) is 16.8 Å². The number of halogens is 1. The number of alkyl halides is 1. The zero-order valence-corrected chi connectivity index (χ0v) is 21.5. The molecule has 2 aliphatic carbocycles. The number of carboxylic acid groups (broad SMARTS) is 1. The van der Waals surface area contributed by atoms with Gasteiger partial charge in [-0.05, 0) is 69.1 Å². The fourth-order valence-electron chi connectivity index (χ4n) is 4.92.